The van der Waals surface area contributed by atoms with Gasteiger partial charge in [0.2, 0.25) is 0 Å². The van der Waals surface area contributed by atoms with Crippen LogP contribution >= 0.6 is 0 Å². The van der Waals surface area contributed by atoms with Crippen molar-refractivity contribution in [3.63, 3.8) is 0 Å². The van der Waals surface area contributed by atoms with Crippen molar-refractivity contribution in [2.75, 3.05) is 5.32 Å². The van der Waals surface area contributed by atoms with E-state index in [2.05, 4.69) is 10.3 Å². The normalized spacial score (nSPS) is 9.92. The topological polar surface area (TPSA) is 116 Å². The van der Waals surface area contributed by atoms with Crippen molar-refractivity contribution in [1.29, 1.82) is 10.5 Å². The number of hydrogen-bond acceptors (Lipinski definition) is 6. The number of hydrogen-bond donors (Lipinski definition) is 1. The van der Waals surface area contributed by atoms with E-state index in [0.717, 1.165) is 0 Å². The zero-order valence-electron chi connectivity index (χ0n) is 12.2. The number of para-hydroxylation sites is 1. The molecule has 0 saturated carbocycles. The van der Waals surface area contributed by atoms with Crippen molar-refractivity contribution in [1.82, 2.24) is 4.98 Å². The Balaban J connectivity index is 2.22. The molecule has 0 aliphatic rings. The molecule has 2 aromatic carbocycles. The van der Waals surface area contributed by atoms with Crippen molar-refractivity contribution in [3.05, 3.63) is 69.9 Å². The molecule has 0 spiro atoms. The number of anilines is 2. The molecule has 1 aromatic heterocycles. The number of rotatable bonds is 3. The number of aromatic nitrogens is 1. The molecule has 3 aromatic rings. The van der Waals surface area contributed by atoms with E-state index >= 15 is 0 Å². The fourth-order valence-corrected chi connectivity index (χ4v) is 2.39. The number of benzene rings is 2. The Kier molecular flexibility index (Phi) is 3.76. The Morgan fingerprint density at radius 2 is 1.92 bits per heavy atom. The lowest BCUT2D eigenvalue weighted by Crippen LogP contribution is -1.99. The number of fused-ring (bicyclic) bond motifs is 1. The standard InChI is InChI=1S/C17H9N5O2/c18-8-11-3-1-4-13(7-11)21-16-12(9-19)10-20-17-14(16)5-2-6-15(17)22(23)24/h1-7,10H,(H,20,21). The van der Waals surface area contributed by atoms with Crippen LogP contribution in [0.15, 0.2) is 48.7 Å². The number of nitriles is 2. The summed E-state index contributed by atoms with van der Waals surface area (Å²) in [7, 11) is 0. The highest BCUT2D eigenvalue weighted by molar-refractivity contribution is 5.99. The predicted octanol–water partition coefficient (Wildman–Crippen LogP) is 3.63. The molecule has 1 heterocycles. The van der Waals surface area contributed by atoms with Gasteiger partial charge in [-0.05, 0) is 18.2 Å². The molecule has 0 bridgehead atoms. The van der Waals surface area contributed by atoms with Gasteiger partial charge in [-0.25, -0.2) is 4.98 Å². The van der Waals surface area contributed by atoms with E-state index in [1.807, 2.05) is 12.1 Å². The molecule has 0 saturated heterocycles. The summed E-state index contributed by atoms with van der Waals surface area (Å²) >= 11 is 0. The average molecular weight is 315 g/mol. The van der Waals surface area contributed by atoms with Gasteiger partial charge >= 0.3 is 0 Å². The molecule has 0 aliphatic heterocycles. The molecule has 3 rings (SSSR count). The zero-order valence-corrected chi connectivity index (χ0v) is 12.2. The zero-order chi connectivity index (χ0) is 17.1. The molecule has 7 heteroatoms. The molecule has 0 amide bonds. The monoisotopic (exact) mass is 315 g/mol. The lowest BCUT2D eigenvalue weighted by Gasteiger charge is -2.11. The van der Waals surface area contributed by atoms with Gasteiger partial charge in [0.15, 0.2) is 0 Å². The number of nitro benzene ring substituents is 1. The third-order valence-corrected chi connectivity index (χ3v) is 3.45. The minimum atomic E-state index is -0.512. The van der Waals surface area contributed by atoms with Crippen LogP contribution in [-0.4, -0.2) is 9.91 Å². The minimum Gasteiger partial charge on any atom is -0.354 e. The Labute approximate surface area is 136 Å². The maximum atomic E-state index is 11.2. The first-order valence-corrected chi connectivity index (χ1v) is 6.87. The van der Waals surface area contributed by atoms with E-state index in [0.29, 0.717) is 22.3 Å². The Bertz CT molecular complexity index is 1050. The molecule has 0 fully saturated rings. The van der Waals surface area contributed by atoms with Crippen LogP contribution in [0, 0.1) is 32.8 Å². The highest BCUT2D eigenvalue weighted by atomic mass is 16.6. The van der Waals surface area contributed by atoms with Gasteiger partial charge < -0.3 is 5.32 Å². The van der Waals surface area contributed by atoms with Gasteiger partial charge in [-0.15, -0.1) is 0 Å². The summed E-state index contributed by atoms with van der Waals surface area (Å²) in [5.74, 6) is 0. The van der Waals surface area contributed by atoms with Crippen molar-refractivity contribution >= 4 is 28.0 Å². The summed E-state index contributed by atoms with van der Waals surface area (Å²) in [5, 5.41) is 33.0. The molecule has 0 radical (unpaired) electrons. The molecule has 7 nitrogen and oxygen atoms in total. The second kappa shape index (κ2) is 6.03. The maximum absolute atomic E-state index is 11.2. The minimum absolute atomic E-state index is 0.134. The molecule has 114 valence electrons. The highest BCUT2D eigenvalue weighted by Crippen LogP contribution is 2.33. The first-order chi connectivity index (χ1) is 11.6. The van der Waals surface area contributed by atoms with E-state index in [9.17, 15) is 15.4 Å². The summed E-state index contributed by atoms with van der Waals surface area (Å²) in [6.45, 7) is 0. The molecule has 0 atom stereocenters. The second-order valence-electron chi connectivity index (χ2n) is 4.91. The molecule has 0 aliphatic carbocycles. The van der Waals surface area contributed by atoms with Crippen molar-refractivity contribution in [3.8, 4) is 12.1 Å². The quantitative estimate of drug-likeness (QED) is 0.582. The van der Waals surface area contributed by atoms with Crippen LogP contribution in [-0.2, 0) is 0 Å². The van der Waals surface area contributed by atoms with Crippen LogP contribution in [0.4, 0.5) is 17.1 Å². The fraction of sp³-hybridized carbons (Fsp3) is 0. The first kappa shape index (κ1) is 14.9. The van der Waals surface area contributed by atoms with E-state index in [-0.39, 0.29) is 16.8 Å². The SMILES string of the molecule is N#Cc1cccc(Nc2c(C#N)cnc3c([N+](=O)[O-])cccc23)c1. The fourth-order valence-electron chi connectivity index (χ4n) is 2.39. The molecule has 1 N–H and O–H groups in total. The van der Waals surface area contributed by atoms with Crippen molar-refractivity contribution in [2.24, 2.45) is 0 Å². The third kappa shape index (κ3) is 2.58. The summed E-state index contributed by atoms with van der Waals surface area (Å²) in [6.07, 6.45) is 1.30. The number of non-ortho nitro benzene ring substituents is 1. The summed E-state index contributed by atoms with van der Waals surface area (Å²) in [4.78, 5) is 14.7. The van der Waals surface area contributed by atoms with E-state index < -0.39 is 4.92 Å². The number of nitrogens with one attached hydrogen (secondary N) is 1. The van der Waals surface area contributed by atoms with Gasteiger partial charge in [0.1, 0.15) is 11.6 Å². The van der Waals surface area contributed by atoms with Gasteiger partial charge in [-0.2, -0.15) is 10.5 Å². The van der Waals surface area contributed by atoms with Gasteiger partial charge in [0.05, 0.1) is 27.8 Å². The van der Waals surface area contributed by atoms with Crippen LogP contribution in [0.1, 0.15) is 11.1 Å². The number of pyridine rings is 1. The van der Waals surface area contributed by atoms with Crippen LogP contribution in [0.2, 0.25) is 0 Å². The maximum Gasteiger partial charge on any atom is 0.295 e. The van der Waals surface area contributed by atoms with Crippen LogP contribution in [0.5, 0.6) is 0 Å². The Morgan fingerprint density at radius 3 is 2.62 bits per heavy atom. The largest absolute Gasteiger partial charge is 0.354 e. The molecular weight excluding hydrogens is 306 g/mol. The first-order valence-electron chi connectivity index (χ1n) is 6.87. The lowest BCUT2D eigenvalue weighted by molar-refractivity contribution is -0.383. The number of nitro groups is 1. The molecule has 24 heavy (non-hydrogen) atoms. The summed E-state index contributed by atoms with van der Waals surface area (Å²) < 4.78 is 0. The summed E-state index contributed by atoms with van der Waals surface area (Å²) in [5.41, 5.74) is 1.80. The van der Waals surface area contributed by atoms with Crippen molar-refractivity contribution in [2.45, 2.75) is 0 Å². The smallest absolute Gasteiger partial charge is 0.295 e. The van der Waals surface area contributed by atoms with Gasteiger partial charge in [0, 0.05) is 23.3 Å². The second-order valence-corrected chi connectivity index (χ2v) is 4.91. The van der Waals surface area contributed by atoms with Crippen LogP contribution < -0.4 is 5.32 Å². The van der Waals surface area contributed by atoms with E-state index in [1.54, 1.807) is 36.4 Å². The summed E-state index contributed by atoms with van der Waals surface area (Å²) in [6, 6.07) is 15.4. The number of nitrogens with zero attached hydrogens (tertiary/aromatic N) is 4. The van der Waals surface area contributed by atoms with Crippen molar-refractivity contribution < 1.29 is 4.92 Å². The Morgan fingerprint density at radius 1 is 1.12 bits per heavy atom. The van der Waals surface area contributed by atoms with Crippen LogP contribution in [0.3, 0.4) is 0 Å². The Hall–Kier alpha value is -3.97. The van der Waals surface area contributed by atoms with Gasteiger partial charge in [-0.1, -0.05) is 18.2 Å². The molecule has 0 unspecified atom stereocenters. The van der Waals surface area contributed by atoms with Gasteiger partial charge in [0.25, 0.3) is 5.69 Å². The lowest BCUT2D eigenvalue weighted by atomic mass is 10.1. The van der Waals surface area contributed by atoms with Gasteiger partial charge in [-0.3, -0.25) is 10.1 Å². The highest BCUT2D eigenvalue weighted by Gasteiger charge is 2.17. The van der Waals surface area contributed by atoms with E-state index in [4.69, 9.17) is 5.26 Å². The third-order valence-electron chi connectivity index (χ3n) is 3.45. The van der Waals surface area contributed by atoms with Crippen LogP contribution in [0.25, 0.3) is 10.9 Å². The average Bonchev–Trinajstić information content (AvgIpc) is 2.61. The predicted molar refractivity (Wildman–Crippen MR) is 87.6 cm³/mol. The van der Waals surface area contributed by atoms with E-state index in [1.165, 1.54) is 12.3 Å². The molecular formula is C17H9N5O2.